The Balaban J connectivity index is 0. The molecule has 0 saturated heterocycles. The second-order valence-electron chi connectivity index (χ2n) is 2.50. The second-order valence-corrected chi connectivity index (χ2v) is 2.81. The van der Waals surface area contributed by atoms with E-state index in [0.29, 0.717) is 5.88 Å². The molecule has 76 valence electrons. The molecular weight excluding hydrogens is 197 g/mol. The van der Waals surface area contributed by atoms with Gasteiger partial charge >= 0.3 is 0 Å². The number of ether oxygens (including phenoxy) is 1. The molecule has 0 N–H and O–H groups in total. The molecule has 0 fully saturated rings. The van der Waals surface area contributed by atoms with E-state index < -0.39 is 0 Å². The van der Waals surface area contributed by atoms with E-state index in [1.54, 1.807) is 7.11 Å². The van der Waals surface area contributed by atoms with Crippen LogP contribution in [0.3, 0.4) is 0 Å². The summed E-state index contributed by atoms with van der Waals surface area (Å²) in [5.74, 6) is 0.576. The maximum absolute atomic E-state index is 5.67. The van der Waals surface area contributed by atoms with Crippen molar-refractivity contribution in [2.75, 3.05) is 32.6 Å². The smallest absolute Gasteiger partial charge is 0.0833 e. The zero-order chi connectivity index (χ0) is 8.69. The third-order valence-corrected chi connectivity index (χ3v) is 2.21. The van der Waals surface area contributed by atoms with Crippen molar-refractivity contribution in [3.05, 3.63) is 0 Å². The minimum atomic E-state index is 0. The van der Waals surface area contributed by atoms with Gasteiger partial charge in [-0.3, -0.25) is 0 Å². The lowest BCUT2D eigenvalue weighted by molar-refractivity contribution is 0.0831. The maximum Gasteiger partial charge on any atom is 0.0833 e. The minimum absolute atomic E-state index is 0. The Bertz CT molecular complexity index is 75.1. The third-order valence-electron chi connectivity index (χ3n) is 1.86. The van der Waals surface area contributed by atoms with Crippen LogP contribution in [0.5, 0.6) is 0 Å². The predicted molar refractivity (Wildman–Crippen MR) is 56.6 cm³/mol. The van der Waals surface area contributed by atoms with Gasteiger partial charge in [0, 0.05) is 19.5 Å². The molecule has 0 aliphatic heterocycles. The van der Waals surface area contributed by atoms with Gasteiger partial charge in [0.15, 0.2) is 0 Å². The lowest BCUT2D eigenvalue weighted by atomic mass is 10.3. The van der Waals surface area contributed by atoms with Gasteiger partial charge < -0.3 is 9.64 Å². The Kier molecular flexibility index (Phi) is 12.0. The maximum atomic E-state index is 5.67. The van der Waals surface area contributed by atoms with Crippen LogP contribution in [0, 0.1) is 0 Å². The fourth-order valence-corrected chi connectivity index (χ4v) is 1.18. The Labute approximate surface area is 86.6 Å². The highest BCUT2D eigenvalue weighted by Gasteiger charge is 2.08. The van der Waals surface area contributed by atoms with Crippen molar-refractivity contribution in [2.45, 2.75) is 20.0 Å². The van der Waals surface area contributed by atoms with Crippen LogP contribution >= 0.6 is 24.0 Å². The first-order valence-corrected chi connectivity index (χ1v) is 4.63. The average Bonchev–Trinajstić information content (AvgIpc) is 2.07. The summed E-state index contributed by atoms with van der Waals surface area (Å²) < 4.78 is 5.16. The summed E-state index contributed by atoms with van der Waals surface area (Å²) in [7, 11) is 1.70. The van der Waals surface area contributed by atoms with Gasteiger partial charge in [-0.05, 0) is 13.1 Å². The molecule has 4 heteroatoms. The van der Waals surface area contributed by atoms with Crippen molar-refractivity contribution in [2.24, 2.45) is 0 Å². The first-order valence-electron chi connectivity index (χ1n) is 4.09. The summed E-state index contributed by atoms with van der Waals surface area (Å²) in [6.07, 6.45) is 0.177. The van der Waals surface area contributed by atoms with Gasteiger partial charge in [0.1, 0.15) is 0 Å². The first kappa shape index (κ1) is 15.0. The van der Waals surface area contributed by atoms with E-state index in [9.17, 15) is 0 Å². The molecule has 0 aromatic carbocycles. The molecule has 0 radical (unpaired) electrons. The van der Waals surface area contributed by atoms with Crippen LogP contribution in [0.2, 0.25) is 0 Å². The molecule has 0 aromatic rings. The molecular formula is C8H19Cl2NO. The monoisotopic (exact) mass is 215 g/mol. The third kappa shape index (κ3) is 6.06. The number of hydrogen-bond donors (Lipinski definition) is 0. The molecule has 0 heterocycles. The number of hydrogen-bond acceptors (Lipinski definition) is 2. The Morgan fingerprint density at radius 3 is 2.08 bits per heavy atom. The Hall–Kier alpha value is 0.500. The number of halogens is 2. The molecule has 0 aliphatic rings. The van der Waals surface area contributed by atoms with Crippen LogP contribution in [0.4, 0.5) is 0 Å². The van der Waals surface area contributed by atoms with Crippen LogP contribution in [0.25, 0.3) is 0 Å². The molecule has 0 amide bonds. The van der Waals surface area contributed by atoms with Gasteiger partial charge in [-0.2, -0.15) is 0 Å². The summed E-state index contributed by atoms with van der Waals surface area (Å²) >= 11 is 5.67. The Morgan fingerprint density at radius 2 is 1.83 bits per heavy atom. The number of alkyl halides is 1. The summed E-state index contributed by atoms with van der Waals surface area (Å²) in [4.78, 5) is 2.30. The van der Waals surface area contributed by atoms with Crippen LogP contribution in [0.1, 0.15) is 13.8 Å². The predicted octanol–water partition coefficient (Wildman–Crippen LogP) is 2.00. The first-order chi connectivity index (χ1) is 5.28. The van der Waals surface area contributed by atoms with Crippen LogP contribution in [-0.2, 0) is 4.74 Å². The summed E-state index contributed by atoms with van der Waals surface area (Å²) in [5, 5.41) is 0. The van der Waals surface area contributed by atoms with E-state index in [-0.39, 0.29) is 18.5 Å². The fourth-order valence-electron chi connectivity index (χ4n) is 0.956. The van der Waals surface area contributed by atoms with Gasteiger partial charge in [0.05, 0.1) is 6.10 Å². The number of rotatable bonds is 6. The van der Waals surface area contributed by atoms with Crippen LogP contribution < -0.4 is 0 Å². The van der Waals surface area contributed by atoms with E-state index in [1.807, 2.05) is 0 Å². The lowest BCUT2D eigenvalue weighted by Crippen LogP contribution is -2.34. The van der Waals surface area contributed by atoms with Crippen molar-refractivity contribution in [1.82, 2.24) is 4.90 Å². The number of nitrogens with zero attached hydrogens (tertiary/aromatic N) is 1. The molecule has 12 heavy (non-hydrogen) atoms. The van der Waals surface area contributed by atoms with Crippen molar-refractivity contribution in [1.29, 1.82) is 0 Å². The SMILES string of the molecule is CCN(CC)CC(CCl)OC.Cl. The quantitative estimate of drug-likeness (QED) is 0.629. The highest BCUT2D eigenvalue weighted by Crippen LogP contribution is 1.97. The Morgan fingerprint density at radius 1 is 1.33 bits per heavy atom. The highest BCUT2D eigenvalue weighted by atomic mass is 35.5. The summed E-state index contributed by atoms with van der Waals surface area (Å²) in [6, 6.07) is 0. The topological polar surface area (TPSA) is 12.5 Å². The van der Waals surface area contributed by atoms with Crippen molar-refractivity contribution < 1.29 is 4.74 Å². The van der Waals surface area contributed by atoms with E-state index in [1.165, 1.54) is 0 Å². The van der Waals surface area contributed by atoms with Gasteiger partial charge in [-0.1, -0.05) is 13.8 Å². The lowest BCUT2D eigenvalue weighted by Gasteiger charge is -2.22. The molecule has 0 rings (SSSR count). The zero-order valence-electron chi connectivity index (χ0n) is 8.05. The largest absolute Gasteiger partial charge is 0.379 e. The van der Waals surface area contributed by atoms with Gasteiger partial charge in [-0.25, -0.2) is 0 Å². The highest BCUT2D eigenvalue weighted by molar-refractivity contribution is 6.18. The normalized spacial score (nSPS) is 12.8. The standard InChI is InChI=1S/C8H18ClNO.ClH/c1-4-10(5-2)7-8(6-9)11-3;/h8H,4-7H2,1-3H3;1H. The molecule has 0 aromatic heterocycles. The fraction of sp³-hybridized carbons (Fsp3) is 1.00. The second kappa shape index (κ2) is 9.59. The van der Waals surface area contributed by atoms with Crippen LogP contribution in [-0.4, -0.2) is 43.6 Å². The zero-order valence-corrected chi connectivity index (χ0v) is 9.62. The van der Waals surface area contributed by atoms with E-state index >= 15 is 0 Å². The molecule has 2 nitrogen and oxygen atoms in total. The molecule has 1 unspecified atom stereocenters. The van der Waals surface area contributed by atoms with E-state index in [4.69, 9.17) is 16.3 Å². The molecule has 0 aliphatic carbocycles. The molecule has 0 bridgehead atoms. The molecule has 0 spiro atoms. The number of methoxy groups -OCH3 is 1. The average molecular weight is 216 g/mol. The van der Waals surface area contributed by atoms with E-state index in [2.05, 4.69) is 18.7 Å². The molecule has 1 atom stereocenters. The number of likely N-dealkylation sites (N-methyl/N-ethyl adjacent to an activating group) is 1. The van der Waals surface area contributed by atoms with Gasteiger partial charge in [0.2, 0.25) is 0 Å². The summed E-state index contributed by atoms with van der Waals surface area (Å²) in [6.45, 7) is 7.35. The van der Waals surface area contributed by atoms with Crippen molar-refractivity contribution in [3.8, 4) is 0 Å². The summed E-state index contributed by atoms with van der Waals surface area (Å²) in [5.41, 5.74) is 0. The van der Waals surface area contributed by atoms with Gasteiger partial charge in [0.25, 0.3) is 0 Å². The van der Waals surface area contributed by atoms with Crippen LogP contribution in [0.15, 0.2) is 0 Å². The van der Waals surface area contributed by atoms with Crippen molar-refractivity contribution >= 4 is 24.0 Å². The van der Waals surface area contributed by atoms with Gasteiger partial charge in [-0.15, -0.1) is 24.0 Å². The minimum Gasteiger partial charge on any atom is -0.379 e. The van der Waals surface area contributed by atoms with Crippen molar-refractivity contribution in [3.63, 3.8) is 0 Å². The molecule has 0 saturated carbocycles. The van der Waals surface area contributed by atoms with E-state index in [0.717, 1.165) is 19.6 Å².